The second kappa shape index (κ2) is 4.77. The summed E-state index contributed by atoms with van der Waals surface area (Å²) in [6.07, 6.45) is 6.87. The van der Waals surface area contributed by atoms with Crippen molar-refractivity contribution in [2.24, 2.45) is 22.7 Å². The Bertz CT molecular complexity index is 371. The SMILES string of the molecule is CC(C)C1CCC(C#N)(C2(O)CCCC2(C)C)CC1. The molecule has 2 aliphatic carbocycles. The third-order valence-electron chi connectivity index (χ3n) is 6.29. The van der Waals surface area contributed by atoms with Crippen molar-refractivity contribution in [3.63, 3.8) is 0 Å². The van der Waals surface area contributed by atoms with Gasteiger partial charge in [-0.1, -0.05) is 27.7 Å². The summed E-state index contributed by atoms with van der Waals surface area (Å²) >= 11 is 0. The monoisotopic (exact) mass is 263 g/mol. The zero-order valence-corrected chi connectivity index (χ0v) is 13.0. The molecule has 0 heterocycles. The summed E-state index contributed by atoms with van der Waals surface area (Å²) in [4.78, 5) is 0. The van der Waals surface area contributed by atoms with Crippen LogP contribution in [0.25, 0.3) is 0 Å². The number of nitriles is 1. The standard InChI is InChI=1S/C17H29NO/c1-13(2)14-6-10-16(12-18,11-7-14)17(19)9-5-8-15(17,3)4/h13-14,19H,5-11H2,1-4H3. The zero-order valence-electron chi connectivity index (χ0n) is 13.0. The van der Waals surface area contributed by atoms with E-state index in [-0.39, 0.29) is 5.41 Å². The summed E-state index contributed by atoms with van der Waals surface area (Å²) in [5.74, 6) is 1.43. The molecule has 0 spiro atoms. The van der Waals surface area contributed by atoms with Gasteiger partial charge in [0.1, 0.15) is 0 Å². The average Bonchev–Trinajstić information content (AvgIpc) is 2.65. The molecule has 2 saturated carbocycles. The summed E-state index contributed by atoms with van der Waals surface area (Å²) in [6, 6.07) is 2.56. The Hall–Kier alpha value is -0.550. The Balaban J connectivity index is 2.24. The van der Waals surface area contributed by atoms with E-state index in [1.54, 1.807) is 0 Å². The third-order valence-corrected chi connectivity index (χ3v) is 6.29. The van der Waals surface area contributed by atoms with Gasteiger partial charge in [-0.25, -0.2) is 0 Å². The molecule has 0 aromatic rings. The predicted octanol–water partition coefficient (Wildman–Crippen LogP) is 4.28. The van der Waals surface area contributed by atoms with Crippen LogP contribution in [0.1, 0.15) is 72.6 Å². The summed E-state index contributed by atoms with van der Waals surface area (Å²) in [5, 5.41) is 21.1. The Labute approximate surface area is 118 Å². The van der Waals surface area contributed by atoms with Crippen LogP contribution in [0.5, 0.6) is 0 Å². The lowest BCUT2D eigenvalue weighted by Gasteiger charge is -2.51. The second-order valence-corrected chi connectivity index (χ2v) is 7.87. The van der Waals surface area contributed by atoms with E-state index in [0.717, 1.165) is 50.9 Å². The molecule has 2 fully saturated rings. The van der Waals surface area contributed by atoms with Gasteiger partial charge in [-0.2, -0.15) is 5.26 Å². The van der Waals surface area contributed by atoms with Crippen LogP contribution >= 0.6 is 0 Å². The molecular formula is C17H29NO. The topological polar surface area (TPSA) is 44.0 Å². The fourth-order valence-electron chi connectivity index (χ4n) is 4.64. The Morgan fingerprint density at radius 1 is 1.11 bits per heavy atom. The number of nitrogens with zero attached hydrogens (tertiary/aromatic N) is 1. The first-order valence-corrected chi connectivity index (χ1v) is 7.92. The van der Waals surface area contributed by atoms with Gasteiger partial charge < -0.3 is 5.11 Å². The summed E-state index contributed by atoms with van der Waals surface area (Å²) in [5.41, 5.74) is -1.40. The van der Waals surface area contributed by atoms with Crippen molar-refractivity contribution >= 4 is 0 Å². The summed E-state index contributed by atoms with van der Waals surface area (Å²) < 4.78 is 0. The van der Waals surface area contributed by atoms with E-state index in [1.807, 2.05) is 0 Å². The second-order valence-electron chi connectivity index (χ2n) is 7.87. The van der Waals surface area contributed by atoms with Gasteiger partial charge in [0.2, 0.25) is 0 Å². The van der Waals surface area contributed by atoms with Crippen molar-refractivity contribution in [2.75, 3.05) is 0 Å². The maximum Gasteiger partial charge on any atom is 0.0883 e. The quantitative estimate of drug-likeness (QED) is 0.808. The van der Waals surface area contributed by atoms with E-state index in [0.29, 0.717) is 5.92 Å². The molecule has 0 aromatic heterocycles. The molecule has 1 N–H and O–H groups in total. The summed E-state index contributed by atoms with van der Waals surface area (Å²) in [6.45, 7) is 8.85. The van der Waals surface area contributed by atoms with E-state index >= 15 is 0 Å². The highest BCUT2D eigenvalue weighted by atomic mass is 16.3. The van der Waals surface area contributed by atoms with Gasteiger partial charge in [-0.15, -0.1) is 0 Å². The minimum absolute atomic E-state index is 0.118. The number of hydrogen-bond acceptors (Lipinski definition) is 2. The van der Waals surface area contributed by atoms with Gasteiger partial charge in [0, 0.05) is 0 Å². The molecule has 0 radical (unpaired) electrons. The largest absolute Gasteiger partial charge is 0.388 e. The number of rotatable bonds is 2. The highest BCUT2D eigenvalue weighted by Crippen LogP contribution is 2.60. The summed E-state index contributed by atoms with van der Waals surface area (Å²) in [7, 11) is 0. The van der Waals surface area contributed by atoms with Gasteiger partial charge >= 0.3 is 0 Å². The van der Waals surface area contributed by atoms with Gasteiger partial charge in [0.25, 0.3) is 0 Å². The molecule has 2 heteroatoms. The normalized spacial score (nSPS) is 42.3. The molecule has 1 atom stereocenters. The van der Waals surface area contributed by atoms with Crippen LogP contribution in [0.3, 0.4) is 0 Å². The molecule has 0 saturated heterocycles. The van der Waals surface area contributed by atoms with Crippen LogP contribution in [0.15, 0.2) is 0 Å². The molecular weight excluding hydrogens is 234 g/mol. The van der Waals surface area contributed by atoms with E-state index in [9.17, 15) is 10.4 Å². The molecule has 2 rings (SSSR count). The molecule has 0 aliphatic heterocycles. The molecule has 1 unspecified atom stereocenters. The Morgan fingerprint density at radius 3 is 2.05 bits per heavy atom. The van der Waals surface area contributed by atoms with Crippen molar-refractivity contribution in [1.29, 1.82) is 5.26 Å². The molecule has 2 aliphatic rings. The van der Waals surface area contributed by atoms with E-state index in [1.165, 1.54) is 0 Å². The van der Waals surface area contributed by atoms with E-state index in [2.05, 4.69) is 33.8 Å². The average molecular weight is 263 g/mol. The van der Waals surface area contributed by atoms with Gasteiger partial charge in [0.05, 0.1) is 17.1 Å². The van der Waals surface area contributed by atoms with Crippen LogP contribution in [-0.2, 0) is 0 Å². The highest BCUT2D eigenvalue weighted by Gasteiger charge is 2.61. The van der Waals surface area contributed by atoms with Gasteiger partial charge in [-0.05, 0) is 62.2 Å². The smallest absolute Gasteiger partial charge is 0.0883 e. The maximum absolute atomic E-state index is 11.3. The van der Waals surface area contributed by atoms with Crippen LogP contribution in [-0.4, -0.2) is 10.7 Å². The van der Waals surface area contributed by atoms with Crippen molar-refractivity contribution in [3.05, 3.63) is 0 Å². The van der Waals surface area contributed by atoms with E-state index in [4.69, 9.17) is 0 Å². The van der Waals surface area contributed by atoms with Crippen LogP contribution in [0, 0.1) is 34.0 Å². The number of aliphatic hydroxyl groups is 1. The van der Waals surface area contributed by atoms with Crippen molar-refractivity contribution in [3.8, 4) is 6.07 Å². The van der Waals surface area contributed by atoms with Gasteiger partial charge in [-0.3, -0.25) is 0 Å². The van der Waals surface area contributed by atoms with Crippen molar-refractivity contribution in [1.82, 2.24) is 0 Å². The fourth-order valence-corrected chi connectivity index (χ4v) is 4.64. The highest BCUT2D eigenvalue weighted by molar-refractivity contribution is 5.19. The first-order valence-electron chi connectivity index (χ1n) is 7.92. The van der Waals surface area contributed by atoms with Gasteiger partial charge in [0.15, 0.2) is 0 Å². The van der Waals surface area contributed by atoms with Crippen molar-refractivity contribution < 1.29 is 5.11 Å². The predicted molar refractivity (Wildman–Crippen MR) is 77.4 cm³/mol. The molecule has 19 heavy (non-hydrogen) atoms. The van der Waals surface area contributed by atoms with Crippen LogP contribution in [0.4, 0.5) is 0 Å². The zero-order chi connectivity index (χ0) is 14.3. The minimum Gasteiger partial charge on any atom is -0.388 e. The van der Waals surface area contributed by atoms with Crippen LogP contribution < -0.4 is 0 Å². The fraction of sp³-hybridized carbons (Fsp3) is 0.941. The minimum atomic E-state index is -0.781. The Kier molecular flexibility index (Phi) is 3.73. The maximum atomic E-state index is 11.3. The Morgan fingerprint density at radius 2 is 1.68 bits per heavy atom. The molecule has 0 aromatic carbocycles. The molecule has 0 amide bonds. The number of hydrogen-bond donors (Lipinski definition) is 1. The lowest BCUT2D eigenvalue weighted by molar-refractivity contribution is -0.138. The lowest BCUT2D eigenvalue weighted by atomic mass is 9.55. The molecule has 0 bridgehead atoms. The van der Waals surface area contributed by atoms with E-state index < -0.39 is 11.0 Å². The third kappa shape index (κ3) is 2.11. The van der Waals surface area contributed by atoms with Crippen LogP contribution in [0.2, 0.25) is 0 Å². The first-order chi connectivity index (χ1) is 8.78. The molecule has 108 valence electrons. The lowest BCUT2D eigenvalue weighted by Crippen LogP contribution is -2.55. The molecule has 2 nitrogen and oxygen atoms in total. The van der Waals surface area contributed by atoms with Crippen molar-refractivity contribution in [2.45, 2.75) is 78.2 Å². The first kappa shape index (κ1) is 14.9.